The van der Waals surface area contributed by atoms with Crippen molar-refractivity contribution >= 4 is 5.69 Å². The highest BCUT2D eigenvalue weighted by Crippen LogP contribution is 2.29. The second-order valence-electron chi connectivity index (χ2n) is 5.56. The lowest BCUT2D eigenvalue weighted by Gasteiger charge is -2.35. The first-order valence-corrected chi connectivity index (χ1v) is 7.33. The molecule has 106 valence electrons. The molecule has 0 atom stereocenters. The van der Waals surface area contributed by atoms with E-state index >= 15 is 0 Å². The first kappa shape index (κ1) is 14.2. The Balaban J connectivity index is 2.06. The van der Waals surface area contributed by atoms with Crippen LogP contribution in [-0.2, 0) is 0 Å². The fourth-order valence-electron chi connectivity index (χ4n) is 2.87. The lowest BCUT2D eigenvalue weighted by Crippen LogP contribution is -2.38. The Morgan fingerprint density at radius 2 is 1.95 bits per heavy atom. The molecular formula is C16H26N2O. The van der Waals surface area contributed by atoms with Crippen LogP contribution in [0.3, 0.4) is 0 Å². The topological polar surface area (TPSA) is 38.5 Å². The van der Waals surface area contributed by atoms with Gasteiger partial charge in [-0.05, 0) is 63.3 Å². The molecule has 1 fully saturated rings. The van der Waals surface area contributed by atoms with Crippen LogP contribution in [0.4, 0.5) is 5.69 Å². The van der Waals surface area contributed by atoms with Gasteiger partial charge in [-0.25, -0.2) is 0 Å². The van der Waals surface area contributed by atoms with E-state index < -0.39 is 0 Å². The van der Waals surface area contributed by atoms with Crippen LogP contribution in [0.1, 0.15) is 38.2 Å². The van der Waals surface area contributed by atoms with Crippen LogP contribution in [-0.4, -0.2) is 25.7 Å². The third kappa shape index (κ3) is 3.41. The van der Waals surface area contributed by atoms with E-state index in [-0.39, 0.29) is 0 Å². The number of nitrogens with zero attached hydrogens (tertiary/aromatic N) is 1. The molecule has 1 aromatic carbocycles. The third-order valence-electron chi connectivity index (χ3n) is 4.15. The second kappa shape index (κ2) is 6.29. The van der Waals surface area contributed by atoms with Gasteiger partial charge in [0.2, 0.25) is 0 Å². The summed E-state index contributed by atoms with van der Waals surface area (Å²) in [4.78, 5) is 2.40. The molecule has 0 heterocycles. The van der Waals surface area contributed by atoms with Crippen molar-refractivity contribution in [3.8, 4) is 5.75 Å². The standard InChI is InChI=1S/C16H26N2O/c1-4-19-16-10-9-15(11-12(16)2)18(3)14-7-5-13(17)6-8-14/h9-11,13-14H,4-8,17H2,1-3H3. The van der Waals surface area contributed by atoms with Gasteiger partial charge in [-0.3, -0.25) is 0 Å². The van der Waals surface area contributed by atoms with E-state index in [4.69, 9.17) is 10.5 Å². The van der Waals surface area contributed by atoms with E-state index in [1.165, 1.54) is 24.1 Å². The molecule has 2 rings (SSSR count). The van der Waals surface area contributed by atoms with Gasteiger partial charge in [-0.2, -0.15) is 0 Å². The van der Waals surface area contributed by atoms with Crippen LogP contribution >= 0.6 is 0 Å². The van der Waals surface area contributed by atoms with Crippen LogP contribution in [0.5, 0.6) is 5.75 Å². The summed E-state index contributed by atoms with van der Waals surface area (Å²) in [6.07, 6.45) is 4.68. The number of ether oxygens (including phenoxy) is 1. The summed E-state index contributed by atoms with van der Waals surface area (Å²) in [5.74, 6) is 0.991. The summed E-state index contributed by atoms with van der Waals surface area (Å²) in [6, 6.07) is 7.49. The molecule has 0 unspecified atom stereocenters. The molecule has 0 spiro atoms. The minimum atomic E-state index is 0.409. The second-order valence-corrected chi connectivity index (χ2v) is 5.56. The zero-order valence-electron chi connectivity index (χ0n) is 12.4. The number of aryl methyl sites for hydroxylation is 1. The molecule has 0 aliphatic heterocycles. The first-order valence-electron chi connectivity index (χ1n) is 7.33. The van der Waals surface area contributed by atoms with Gasteiger partial charge in [0.25, 0.3) is 0 Å². The summed E-state index contributed by atoms with van der Waals surface area (Å²) in [5, 5.41) is 0. The monoisotopic (exact) mass is 262 g/mol. The smallest absolute Gasteiger partial charge is 0.122 e. The molecule has 3 nitrogen and oxygen atoms in total. The molecule has 3 heteroatoms. The van der Waals surface area contributed by atoms with Gasteiger partial charge in [-0.15, -0.1) is 0 Å². The Morgan fingerprint density at radius 1 is 1.26 bits per heavy atom. The maximum atomic E-state index is 5.98. The Morgan fingerprint density at radius 3 is 2.53 bits per heavy atom. The molecule has 1 aliphatic rings. The molecule has 1 saturated carbocycles. The minimum absolute atomic E-state index is 0.409. The first-order chi connectivity index (χ1) is 9.11. The predicted octanol–water partition coefficient (Wildman–Crippen LogP) is 3.10. The molecular weight excluding hydrogens is 236 g/mol. The fraction of sp³-hybridized carbons (Fsp3) is 0.625. The molecule has 19 heavy (non-hydrogen) atoms. The van der Waals surface area contributed by atoms with Gasteiger partial charge >= 0.3 is 0 Å². The number of rotatable bonds is 4. The van der Waals surface area contributed by atoms with Gasteiger partial charge in [0.05, 0.1) is 6.61 Å². The summed E-state index contributed by atoms with van der Waals surface area (Å²) in [5.41, 5.74) is 8.46. The van der Waals surface area contributed by atoms with Crippen LogP contribution in [0.2, 0.25) is 0 Å². The van der Waals surface area contributed by atoms with E-state index in [1.54, 1.807) is 0 Å². The zero-order valence-corrected chi connectivity index (χ0v) is 12.4. The van der Waals surface area contributed by atoms with Crippen LogP contribution in [0, 0.1) is 6.92 Å². The predicted molar refractivity (Wildman–Crippen MR) is 81.0 cm³/mol. The molecule has 1 aliphatic carbocycles. The van der Waals surface area contributed by atoms with E-state index in [0.717, 1.165) is 25.2 Å². The SMILES string of the molecule is CCOc1ccc(N(C)C2CCC(N)CC2)cc1C. The Kier molecular flexibility index (Phi) is 4.70. The average Bonchev–Trinajstić information content (AvgIpc) is 2.41. The highest BCUT2D eigenvalue weighted by molar-refractivity contribution is 5.53. The van der Waals surface area contributed by atoms with Crippen molar-refractivity contribution < 1.29 is 4.74 Å². The third-order valence-corrected chi connectivity index (χ3v) is 4.15. The van der Waals surface area contributed by atoms with Crippen molar-refractivity contribution in [3.05, 3.63) is 23.8 Å². The minimum Gasteiger partial charge on any atom is -0.494 e. The Hall–Kier alpha value is -1.22. The average molecular weight is 262 g/mol. The van der Waals surface area contributed by atoms with Crippen molar-refractivity contribution in [2.24, 2.45) is 5.73 Å². The van der Waals surface area contributed by atoms with Gasteiger partial charge in [0.1, 0.15) is 5.75 Å². The van der Waals surface area contributed by atoms with Crippen molar-refractivity contribution in [1.29, 1.82) is 0 Å². The number of anilines is 1. The fourth-order valence-corrected chi connectivity index (χ4v) is 2.87. The van der Waals surface area contributed by atoms with Crippen molar-refractivity contribution in [1.82, 2.24) is 0 Å². The molecule has 0 radical (unpaired) electrons. The molecule has 0 bridgehead atoms. The lowest BCUT2D eigenvalue weighted by atomic mass is 9.90. The van der Waals surface area contributed by atoms with E-state index in [9.17, 15) is 0 Å². The highest BCUT2D eigenvalue weighted by Gasteiger charge is 2.22. The van der Waals surface area contributed by atoms with Crippen LogP contribution < -0.4 is 15.4 Å². The summed E-state index contributed by atoms with van der Waals surface area (Å²) in [6.45, 7) is 4.85. The van der Waals surface area contributed by atoms with Crippen molar-refractivity contribution in [2.45, 2.75) is 51.6 Å². The van der Waals surface area contributed by atoms with Crippen molar-refractivity contribution in [3.63, 3.8) is 0 Å². The molecule has 0 amide bonds. The number of benzene rings is 1. The van der Waals surface area contributed by atoms with Crippen LogP contribution in [0.25, 0.3) is 0 Å². The largest absolute Gasteiger partial charge is 0.494 e. The Bertz CT molecular complexity index is 411. The van der Waals surface area contributed by atoms with Gasteiger partial charge < -0.3 is 15.4 Å². The summed E-state index contributed by atoms with van der Waals surface area (Å²) in [7, 11) is 2.19. The normalized spacial score (nSPS) is 23.2. The van der Waals surface area contributed by atoms with Crippen LogP contribution in [0.15, 0.2) is 18.2 Å². The van der Waals surface area contributed by atoms with E-state index in [2.05, 4.69) is 37.1 Å². The van der Waals surface area contributed by atoms with Gasteiger partial charge in [-0.1, -0.05) is 0 Å². The van der Waals surface area contributed by atoms with E-state index in [0.29, 0.717) is 12.1 Å². The molecule has 0 saturated heterocycles. The molecule has 2 N–H and O–H groups in total. The Labute approximate surface area is 116 Å². The summed E-state index contributed by atoms with van der Waals surface area (Å²) < 4.78 is 5.60. The summed E-state index contributed by atoms with van der Waals surface area (Å²) >= 11 is 0. The number of nitrogens with two attached hydrogens (primary N) is 1. The quantitative estimate of drug-likeness (QED) is 0.906. The maximum absolute atomic E-state index is 5.98. The zero-order chi connectivity index (χ0) is 13.8. The highest BCUT2D eigenvalue weighted by atomic mass is 16.5. The maximum Gasteiger partial charge on any atom is 0.122 e. The van der Waals surface area contributed by atoms with Crippen molar-refractivity contribution in [2.75, 3.05) is 18.6 Å². The molecule has 1 aromatic rings. The number of hydrogen-bond donors (Lipinski definition) is 1. The number of hydrogen-bond acceptors (Lipinski definition) is 3. The van der Waals surface area contributed by atoms with Gasteiger partial charge in [0.15, 0.2) is 0 Å². The molecule has 0 aromatic heterocycles. The lowest BCUT2D eigenvalue weighted by molar-refractivity contribution is 0.338. The van der Waals surface area contributed by atoms with E-state index in [1.807, 2.05) is 6.92 Å². The van der Waals surface area contributed by atoms with Gasteiger partial charge in [0, 0.05) is 24.8 Å².